The van der Waals surface area contributed by atoms with Crippen molar-refractivity contribution < 1.29 is 23.4 Å². The zero-order chi connectivity index (χ0) is 30.8. The van der Waals surface area contributed by atoms with Gasteiger partial charge in [-0.2, -0.15) is 0 Å². The average Bonchev–Trinajstić information content (AvgIpc) is 3.49. The van der Waals surface area contributed by atoms with E-state index >= 15 is 0 Å². The van der Waals surface area contributed by atoms with E-state index in [1.807, 2.05) is 12.1 Å². The number of nitrogens with one attached hydrogen (secondary N) is 2. The number of hydrogen-bond donors (Lipinski definition) is 2. The monoisotopic (exact) mass is 592 g/mol. The van der Waals surface area contributed by atoms with Gasteiger partial charge in [0.2, 0.25) is 11.8 Å². The molecule has 1 atom stereocenters. The van der Waals surface area contributed by atoms with Crippen LogP contribution in [0.15, 0.2) is 35.0 Å². The Morgan fingerprint density at radius 2 is 1.84 bits per heavy atom. The van der Waals surface area contributed by atoms with Crippen molar-refractivity contribution in [3.8, 4) is 28.5 Å². The topological polar surface area (TPSA) is 126 Å². The molecule has 0 saturated carbocycles. The maximum atomic E-state index is 11.7. The number of pyridine rings is 1. The Morgan fingerprint density at radius 1 is 1.07 bits per heavy atom. The minimum Gasteiger partial charge on any atom is -0.480 e. The molecule has 43 heavy (non-hydrogen) atoms. The first-order valence-corrected chi connectivity index (χ1v) is 14.8. The van der Waals surface area contributed by atoms with Gasteiger partial charge in [-0.05, 0) is 56.9 Å². The zero-order valence-electron chi connectivity index (χ0n) is 25.9. The molecule has 2 fully saturated rings. The molecule has 4 heterocycles. The van der Waals surface area contributed by atoms with Crippen LogP contribution in [-0.2, 0) is 16.0 Å². The lowest BCUT2D eigenvalue weighted by Crippen LogP contribution is -2.48. The van der Waals surface area contributed by atoms with E-state index in [0.717, 1.165) is 74.3 Å². The quantitative estimate of drug-likeness (QED) is 0.247. The molecule has 2 aliphatic rings. The van der Waals surface area contributed by atoms with Crippen molar-refractivity contribution in [2.75, 3.05) is 59.4 Å². The average molecular weight is 593 g/mol. The van der Waals surface area contributed by atoms with Crippen LogP contribution in [0.5, 0.6) is 5.88 Å². The van der Waals surface area contributed by atoms with Gasteiger partial charge in [-0.1, -0.05) is 0 Å². The third-order valence-electron chi connectivity index (χ3n) is 7.65. The zero-order valence-corrected chi connectivity index (χ0v) is 25.9. The number of aromatic nitrogens is 2. The maximum Gasteiger partial charge on any atom is 0.227 e. The molecule has 1 unspecified atom stereocenters. The van der Waals surface area contributed by atoms with Crippen molar-refractivity contribution in [2.45, 2.75) is 51.9 Å². The summed E-state index contributed by atoms with van der Waals surface area (Å²) in [7, 11) is 4.74. The van der Waals surface area contributed by atoms with Crippen LogP contribution < -0.4 is 10.1 Å². The number of ether oxygens (including phenoxy) is 3. The van der Waals surface area contributed by atoms with Gasteiger partial charge in [0.15, 0.2) is 6.29 Å². The summed E-state index contributed by atoms with van der Waals surface area (Å²) in [6.45, 7) is 9.89. The minimum atomic E-state index is -0.153. The van der Waals surface area contributed by atoms with E-state index in [2.05, 4.69) is 43.7 Å². The molecule has 2 aromatic heterocycles. The Hall–Kier alpha value is -3.64. The molecule has 0 bridgehead atoms. The first kappa shape index (κ1) is 32.3. The second kappa shape index (κ2) is 15.7. The highest BCUT2D eigenvalue weighted by atomic mass is 16.5. The fourth-order valence-corrected chi connectivity index (χ4v) is 5.35. The Morgan fingerprint density at radius 3 is 2.47 bits per heavy atom. The number of benzene rings is 1. The van der Waals surface area contributed by atoms with Crippen molar-refractivity contribution in [3.05, 3.63) is 47.5 Å². The van der Waals surface area contributed by atoms with Gasteiger partial charge < -0.3 is 29.4 Å². The number of nitrogens with zero attached hydrogens (tertiary/aromatic N) is 4. The Kier molecular flexibility index (Phi) is 11.8. The first-order chi connectivity index (χ1) is 20.9. The highest BCUT2D eigenvalue weighted by molar-refractivity contribution is 5.97. The molecule has 0 radical (unpaired) electrons. The molecule has 2 N–H and O–H groups in total. The SMILES string of the molecule is COC.COc1ncc(-c2cc(NC3CCCCO3)c(C=N)c(-c3ncc(CN4CCN(C(C)C)CC4)o3)c2)cc1C=O. The lowest BCUT2D eigenvalue weighted by atomic mass is 9.97. The number of carbonyl (C=O) groups excluding carboxylic acids is 1. The molecule has 232 valence electrons. The fourth-order valence-electron chi connectivity index (χ4n) is 5.35. The van der Waals surface area contributed by atoms with E-state index in [0.29, 0.717) is 41.8 Å². The standard InChI is InChI=1S/C30H38N6O4.C2H6O/c1-20(2)36-9-7-35(8-10-36)18-24-17-33-30(40-24)25-13-21(22-12-23(19-37)29(38-3)32-16-22)14-27(26(25)15-31)34-28-6-4-5-11-39-28;1-3-2/h12-17,19-20,28,31,34H,4-11,18H2,1-3H3;1-2H3. The fraction of sp³-hybridized carbons (Fsp3) is 0.500. The number of aldehydes is 1. The molecule has 0 spiro atoms. The summed E-state index contributed by atoms with van der Waals surface area (Å²) in [6.07, 6.45) is 8.35. The summed E-state index contributed by atoms with van der Waals surface area (Å²) in [5, 5.41) is 11.8. The van der Waals surface area contributed by atoms with E-state index in [1.54, 1.807) is 32.7 Å². The summed E-state index contributed by atoms with van der Waals surface area (Å²) in [5.41, 5.74) is 3.99. The molecule has 2 aliphatic heterocycles. The van der Waals surface area contributed by atoms with Crippen molar-refractivity contribution in [1.29, 1.82) is 5.41 Å². The summed E-state index contributed by atoms with van der Waals surface area (Å²) in [5.74, 6) is 1.50. The summed E-state index contributed by atoms with van der Waals surface area (Å²) >= 11 is 0. The van der Waals surface area contributed by atoms with Crippen LogP contribution in [-0.4, -0.2) is 98.7 Å². The van der Waals surface area contributed by atoms with Gasteiger partial charge >= 0.3 is 0 Å². The van der Waals surface area contributed by atoms with E-state index < -0.39 is 0 Å². The predicted molar refractivity (Wildman–Crippen MR) is 167 cm³/mol. The normalized spacial score (nSPS) is 17.7. The summed E-state index contributed by atoms with van der Waals surface area (Å²) in [6, 6.07) is 6.19. The summed E-state index contributed by atoms with van der Waals surface area (Å²) in [4.78, 5) is 25.5. The van der Waals surface area contributed by atoms with Gasteiger partial charge in [0.05, 0.1) is 25.4 Å². The number of hydrogen-bond acceptors (Lipinski definition) is 11. The van der Waals surface area contributed by atoms with Gasteiger partial charge in [-0.15, -0.1) is 0 Å². The van der Waals surface area contributed by atoms with Crippen molar-refractivity contribution in [3.63, 3.8) is 0 Å². The van der Waals surface area contributed by atoms with Gasteiger partial charge in [-0.3, -0.25) is 14.6 Å². The molecule has 2 saturated heterocycles. The molecular formula is C32H44N6O5. The Labute approximate surface area is 254 Å². The third kappa shape index (κ3) is 8.26. The van der Waals surface area contributed by atoms with Crippen molar-refractivity contribution >= 4 is 18.2 Å². The molecule has 5 rings (SSSR count). The second-order valence-electron chi connectivity index (χ2n) is 11.0. The number of carbonyl (C=O) groups is 1. The largest absolute Gasteiger partial charge is 0.480 e. The third-order valence-corrected chi connectivity index (χ3v) is 7.65. The van der Waals surface area contributed by atoms with Crippen LogP contribution >= 0.6 is 0 Å². The van der Waals surface area contributed by atoms with Crippen LogP contribution in [0.3, 0.4) is 0 Å². The predicted octanol–water partition coefficient (Wildman–Crippen LogP) is 4.95. The lowest BCUT2D eigenvalue weighted by molar-refractivity contribution is 0.0343. The maximum absolute atomic E-state index is 11.7. The van der Waals surface area contributed by atoms with Crippen LogP contribution in [0.1, 0.15) is 54.8 Å². The Balaban J connectivity index is 0.00000135. The van der Waals surface area contributed by atoms with E-state index in [9.17, 15) is 4.79 Å². The molecule has 11 nitrogen and oxygen atoms in total. The van der Waals surface area contributed by atoms with E-state index in [-0.39, 0.29) is 12.1 Å². The van der Waals surface area contributed by atoms with Crippen molar-refractivity contribution in [1.82, 2.24) is 19.8 Å². The van der Waals surface area contributed by atoms with Gasteiger partial charge in [0.25, 0.3) is 0 Å². The van der Waals surface area contributed by atoms with E-state index in [4.69, 9.17) is 19.3 Å². The molecule has 0 aliphatic carbocycles. The van der Waals surface area contributed by atoms with Gasteiger partial charge in [0, 0.05) is 87.8 Å². The molecule has 1 aromatic carbocycles. The number of rotatable bonds is 10. The van der Waals surface area contributed by atoms with Crippen LogP contribution in [0.4, 0.5) is 5.69 Å². The summed E-state index contributed by atoms with van der Waals surface area (Å²) < 4.78 is 21.7. The second-order valence-corrected chi connectivity index (χ2v) is 11.0. The van der Waals surface area contributed by atoms with Gasteiger partial charge in [-0.25, -0.2) is 9.97 Å². The molecule has 3 aromatic rings. The first-order valence-electron chi connectivity index (χ1n) is 14.8. The molecular weight excluding hydrogens is 548 g/mol. The van der Waals surface area contributed by atoms with Crippen LogP contribution in [0, 0.1) is 5.41 Å². The highest BCUT2D eigenvalue weighted by Gasteiger charge is 2.23. The lowest BCUT2D eigenvalue weighted by Gasteiger charge is -2.36. The highest BCUT2D eigenvalue weighted by Crippen LogP contribution is 2.36. The number of anilines is 1. The van der Waals surface area contributed by atoms with Crippen LogP contribution in [0.25, 0.3) is 22.6 Å². The number of methoxy groups -OCH3 is 2. The molecule has 0 amide bonds. The van der Waals surface area contributed by atoms with Crippen LogP contribution in [0.2, 0.25) is 0 Å². The Bertz CT molecular complexity index is 1350. The minimum absolute atomic E-state index is 0.153. The smallest absolute Gasteiger partial charge is 0.227 e. The number of piperazine rings is 1. The van der Waals surface area contributed by atoms with Crippen molar-refractivity contribution in [2.24, 2.45) is 0 Å². The van der Waals surface area contributed by atoms with Gasteiger partial charge in [0.1, 0.15) is 12.0 Å². The van der Waals surface area contributed by atoms with E-state index in [1.165, 1.54) is 13.3 Å². The number of oxazole rings is 1. The molecule has 11 heteroatoms.